The maximum atomic E-state index is 10.4. The first-order valence-corrected chi connectivity index (χ1v) is 6.75. The van der Waals surface area contributed by atoms with Crippen molar-refractivity contribution in [3.63, 3.8) is 0 Å². The molecule has 0 aromatic rings. The Labute approximate surface area is 110 Å². The van der Waals surface area contributed by atoms with E-state index in [4.69, 9.17) is 15.9 Å². The van der Waals surface area contributed by atoms with E-state index in [1.807, 2.05) is 6.92 Å². The van der Waals surface area contributed by atoms with Crippen LogP contribution in [-0.2, 0) is 9.47 Å². The second-order valence-corrected chi connectivity index (χ2v) is 6.70. The summed E-state index contributed by atoms with van der Waals surface area (Å²) < 4.78 is 12.2. The molecule has 1 aliphatic heterocycles. The van der Waals surface area contributed by atoms with Gasteiger partial charge in [-0.2, -0.15) is 0 Å². The summed E-state index contributed by atoms with van der Waals surface area (Å²) in [5.41, 5.74) is -0.471. The number of rotatable bonds is 1. The molecule has 1 heterocycles. The Balaban J connectivity index is 2.26. The molecule has 1 saturated heterocycles. The number of terminal acetylenes is 1. The molecule has 1 spiro atoms. The summed E-state index contributed by atoms with van der Waals surface area (Å²) in [7, 11) is 0. The summed E-state index contributed by atoms with van der Waals surface area (Å²) in [6, 6.07) is 0. The molecule has 3 nitrogen and oxygen atoms in total. The molecule has 0 unspecified atom stereocenters. The molecular formula is C15H24O3. The van der Waals surface area contributed by atoms with Crippen LogP contribution in [0.1, 0.15) is 46.5 Å². The lowest BCUT2D eigenvalue weighted by Crippen LogP contribution is -2.62. The van der Waals surface area contributed by atoms with Gasteiger partial charge in [0.25, 0.3) is 0 Å². The summed E-state index contributed by atoms with van der Waals surface area (Å²) in [5.74, 6) is 1.98. The third kappa shape index (κ3) is 2.07. The second kappa shape index (κ2) is 4.52. The topological polar surface area (TPSA) is 38.7 Å². The lowest BCUT2D eigenvalue weighted by Gasteiger charge is -2.56. The molecule has 0 radical (unpaired) electrons. The molecule has 0 amide bonds. The Morgan fingerprint density at radius 3 is 2.44 bits per heavy atom. The number of aliphatic hydroxyl groups is 1. The molecule has 1 aliphatic carbocycles. The Morgan fingerprint density at radius 2 is 1.89 bits per heavy atom. The molecule has 0 bridgehead atoms. The zero-order chi connectivity index (χ0) is 13.4. The number of hydrogen-bond donors (Lipinski definition) is 1. The van der Waals surface area contributed by atoms with Crippen LogP contribution in [0.25, 0.3) is 0 Å². The number of ether oxygens (including phenoxy) is 2. The third-order valence-electron chi connectivity index (χ3n) is 4.45. The largest absolute Gasteiger partial charge is 0.392 e. The summed E-state index contributed by atoms with van der Waals surface area (Å²) in [6.45, 7) is 7.55. The highest BCUT2D eigenvalue weighted by Gasteiger charge is 2.58. The molecular weight excluding hydrogens is 228 g/mol. The van der Waals surface area contributed by atoms with Gasteiger partial charge in [0.2, 0.25) is 0 Å². The Kier molecular flexibility index (Phi) is 3.48. The van der Waals surface area contributed by atoms with Crippen molar-refractivity contribution in [1.29, 1.82) is 0 Å². The van der Waals surface area contributed by atoms with E-state index in [2.05, 4.69) is 19.8 Å². The van der Waals surface area contributed by atoms with E-state index >= 15 is 0 Å². The highest BCUT2D eigenvalue weighted by Crippen LogP contribution is 2.52. The standard InChI is InChI=1S/C15H24O3/c1-5-8-14(4)12(16)7-6-9-15(14)17-10-13(2,3)11-18-15/h1,12,16H,6-11H2,2-4H3/t12-,14+/m1/s1. The third-order valence-corrected chi connectivity index (χ3v) is 4.45. The van der Waals surface area contributed by atoms with Crippen molar-refractivity contribution in [3.8, 4) is 12.3 Å². The maximum absolute atomic E-state index is 10.4. The molecule has 18 heavy (non-hydrogen) atoms. The van der Waals surface area contributed by atoms with Gasteiger partial charge in [-0.05, 0) is 12.8 Å². The van der Waals surface area contributed by atoms with Crippen LogP contribution in [0.4, 0.5) is 0 Å². The van der Waals surface area contributed by atoms with E-state index in [0.29, 0.717) is 19.6 Å². The average molecular weight is 252 g/mol. The summed E-state index contributed by atoms with van der Waals surface area (Å²) >= 11 is 0. The average Bonchev–Trinajstić information content (AvgIpc) is 2.30. The monoisotopic (exact) mass is 252 g/mol. The van der Waals surface area contributed by atoms with Gasteiger partial charge >= 0.3 is 0 Å². The van der Waals surface area contributed by atoms with Crippen molar-refractivity contribution in [3.05, 3.63) is 0 Å². The van der Waals surface area contributed by atoms with E-state index in [9.17, 15) is 5.11 Å². The van der Waals surface area contributed by atoms with Crippen LogP contribution >= 0.6 is 0 Å². The van der Waals surface area contributed by atoms with Crippen LogP contribution in [0.2, 0.25) is 0 Å². The fourth-order valence-corrected chi connectivity index (χ4v) is 3.03. The van der Waals surface area contributed by atoms with Crippen LogP contribution in [0, 0.1) is 23.2 Å². The van der Waals surface area contributed by atoms with Crippen LogP contribution in [0.3, 0.4) is 0 Å². The smallest absolute Gasteiger partial charge is 0.176 e. The van der Waals surface area contributed by atoms with Gasteiger partial charge in [-0.3, -0.25) is 0 Å². The van der Waals surface area contributed by atoms with Gasteiger partial charge < -0.3 is 14.6 Å². The molecule has 2 rings (SSSR count). The van der Waals surface area contributed by atoms with Gasteiger partial charge in [-0.15, -0.1) is 12.3 Å². The minimum absolute atomic E-state index is 0.0324. The fraction of sp³-hybridized carbons (Fsp3) is 0.867. The molecule has 0 aromatic carbocycles. The van der Waals surface area contributed by atoms with Crippen LogP contribution in [0.5, 0.6) is 0 Å². The van der Waals surface area contributed by atoms with Gasteiger partial charge in [-0.1, -0.05) is 20.8 Å². The molecule has 3 heteroatoms. The summed E-state index contributed by atoms with van der Waals surface area (Å²) in [4.78, 5) is 0. The highest BCUT2D eigenvalue weighted by atomic mass is 16.7. The predicted octanol–water partition coefficient (Wildman–Crippen LogP) is 2.33. The van der Waals surface area contributed by atoms with Crippen molar-refractivity contribution in [2.24, 2.45) is 10.8 Å². The van der Waals surface area contributed by atoms with Gasteiger partial charge in [-0.25, -0.2) is 0 Å². The summed E-state index contributed by atoms with van der Waals surface area (Å²) in [6.07, 6.45) is 8.01. The fourth-order valence-electron chi connectivity index (χ4n) is 3.03. The lowest BCUT2D eigenvalue weighted by atomic mass is 9.66. The van der Waals surface area contributed by atoms with Crippen molar-refractivity contribution in [2.75, 3.05) is 13.2 Å². The quantitative estimate of drug-likeness (QED) is 0.728. The number of hydrogen-bond acceptors (Lipinski definition) is 3. The Bertz CT molecular complexity index is 345. The zero-order valence-corrected chi connectivity index (χ0v) is 11.7. The van der Waals surface area contributed by atoms with E-state index in [-0.39, 0.29) is 5.41 Å². The SMILES string of the molecule is C#CC[C@@]1(C)[C@H](O)CCCC12OCC(C)(C)CO2. The van der Waals surface area contributed by atoms with Crippen LogP contribution in [-0.4, -0.2) is 30.2 Å². The predicted molar refractivity (Wildman–Crippen MR) is 69.8 cm³/mol. The number of aliphatic hydroxyl groups excluding tert-OH is 1. The Hall–Kier alpha value is -0.560. The van der Waals surface area contributed by atoms with E-state index in [1.165, 1.54) is 0 Å². The first-order chi connectivity index (χ1) is 8.35. The molecule has 0 aromatic heterocycles. The molecule has 2 aliphatic rings. The van der Waals surface area contributed by atoms with Gasteiger partial charge in [0.05, 0.1) is 24.7 Å². The minimum Gasteiger partial charge on any atom is -0.392 e. The molecule has 2 atom stereocenters. The molecule has 1 N–H and O–H groups in total. The first-order valence-electron chi connectivity index (χ1n) is 6.75. The van der Waals surface area contributed by atoms with Crippen molar-refractivity contribution < 1.29 is 14.6 Å². The molecule has 102 valence electrons. The Morgan fingerprint density at radius 1 is 1.28 bits per heavy atom. The normalized spacial score (nSPS) is 38.3. The second-order valence-electron chi connectivity index (χ2n) is 6.70. The summed E-state index contributed by atoms with van der Waals surface area (Å²) in [5, 5.41) is 10.4. The van der Waals surface area contributed by atoms with Gasteiger partial charge in [0.1, 0.15) is 0 Å². The van der Waals surface area contributed by atoms with E-state index < -0.39 is 17.3 Å². The van der Waals surface area contributed by atoms with Gasteiger partial charge in [0, 0.05) is 18.3 Å². The van der Waals surface area contributed by atoms with Crippen molar-refractivity contribution in [2.45, 2.75) is 58.3 Å². The molecule has 1 saturated carbocycles. The first kappa shape index (κ1) is 13.9. The van der Waals surface area contributed by atoms with E-state index in [0.717, 1.165) is 19.3 Å². The van der Waals surface area contributed by atoms with Crippen LogP contribution in [0.15, 0.2) is 0 Å². The molecule has 2 fully saturated rings. The maximum Gasteiger partial charge on any atom is 0.176 e. The van der Waals surface area contributed by atoms with Crippen molar-refractivity contribution in [1.82, 2.24) is 0 Å². The minimum atomic E-state index is -0.702. The van der Waals surface area contributed by atoms with Crippen molar-refractivity contribution >= 4 is 0 Å². The zero-order valence-electron chi connectivity index (χ0n) is 11.7. The van der Waals surface area contributed by atoms with E-state index in [1.54, 1.807) is 0 Å². The van der Waals surface area contributed by atoms with Gasteiger partial charge in [0.15, 0.2) is 5.79 Å². The lowest BCUT2D eigenvalue weighted by molar-refractivity contribution is -0.369. The van der Waals surface area contributed by atoms with Crippen LogP contribution < -0.4 is 0 Å². The highest BCUT2D eigenvalue weighted by molar-refractivity contribution is 5.07.